The van der Waals surface area contributed by atoms with E-state index in [1.165, 1.54) is 77.2 Å². The lowest BCUT2D eigenvalue weighted by molar-refractivity contribution is 1.32. The summed E-state index contributed by atoms with van der Waals surface area (Å²) >= 11 is 0. The average molecular weight is 788 g/mol. The number of hydrogen-bond acceptors (Lipinski definition) is 1. The van der Waals surface area contributed by atoms with E-state index in [0.29, 0.717) is 0 Å². The van der Waals surface area contributed by atoms with Crippen LogP contribution in [0.15, 0.2) is 249 Å². The molecule has 0 bridgehead atoms. The highest BCUT2D eigenvalue weighted by atomic mass is 14.7. The number of pyridine rings is 1. The van der Waals surface area contributed by atoms with Crippen molar-refractivity contribution < 1.29 is 0 Å². The average Bonchev–Trinajstić information content (AvgIpc) is 3.36. The van der Waals surface area contributed by atoms with E-state index in [4.69, 9.17) is 4.98 Å². The molecule has 0 atom stereocenters. The second-order valence-corrected chi connectivity index (χ2v) is 15.9. The molecule has 62 heavy (non-hydrogen) atoms. The number of aromatic nitrogens is 1. The van der Waals surface area contributed by atoms with Crippen LogP contribution in [0.4, 0.5) is 0 Å². The molecule has 0 saturated carbocycles. The Morgan fingerprint density at radius 2 is 0.468 bits per heavy atom. The highest BCUT2D eigenvalue weighted by Crippen LogP contribution is 2.47. The van der Waals surface area contributed by atoms with Crippen LogP contribution in [0.5, 0.6) is 0 Å². The van der Waals surface area contributed by atoms with Crippen LogP contribution >= 0.6 is 0 Å². The maximum absolute atomic E-state index is 5.20. The van der Waals surface area contributed by atoms with Crippen molar-refractivity contribution >= 4 is 21.5 Å². The molecule has 1 aromatic heterocycles. The van der Waals surface area contributed by atoms with Crippen LogP contribution in [0, 0.1) is 0 Å². The molecule has 0 unspecified atom stereocenters. The van der Waals surface area contributed by atoms with Gasteiger partial charge in [0.15, 0.2) is 0 Å². The van der Waals surface area contributed by atoms with Crippen molar-refractivity contribution in [3.63, 3.8) is 0 Å². The molecule has 1 heterocycles. The summed E-state index contributed by atoms with van der Waals surface area (Å²) < 4.78 is 0. The van der Waals surface area contributed by atoms with Gasteiger partial charge in [-0.2, -0.15) is 0 Å². The minimum Gasteiger partial charge on any atom is -0.248 e. The summed E-state index contributed by atoms with van der Waals surface area (Å²) in [5.41, 5.74) is 18.4. The molecule has 1 heteroatoms. The molecule has 0 fully saturated rings. The van der Waals surface area contributed by atoms with Crippen LogP contribution in [0.1, 0.15) is 0 Å². The third kappa shape index (κ3) is 7.06. The minimum atomic E-state index is 0.952. The van der Waals surface area contributed by atoms with Crippen molar-refractivity contribution in [1.82, 2.24) is 4.98 Å². The highest BCUT2D eigenvalue weighted by Gasteiger charge is 2.20. The van der Waals surface area contributed by atoms with Crippen molar-refractivity contribution in [1.29, 1.82) is 0 Å². The monoisotopic (exact) mass is 787 g/mol. The highest BCUT2D eigenvalue weighted by molar-refractivity contribution is 6.22. The van der Waals surface area contributed by atoms with Crippen LogP contribution in [0.2, 0.25) is 0 Å². The summed E-state index contributed by atoms with van der Waals surface area (Å²) in [6, 6.07) is 89.9. The van der Waals surface area contributed by atoms with Crippen LogP contribution in [-0.2, 0) is 0 Å². The first-order valence-corrected chi connectivity index (χ1v) is 21.3. The second kappa shape index (κ2) is 16.1. The standard InChI is InChI=1S/C61H41N/c1-7-19-42(20-8-1)50-35-51(43-21-9-2-10-22-43)37-52(36-50)48-31-33-54-56(38-48)60(46-27-15-5-16-28-46)55-34-32-49(39-57(55)61(54)47-29-17-6-18-30-47)53-40-58(44-23-11-3-12-24-44)62-59(41-53)45-25-13-4-14-26-45/h1-41H. The van der Waals surface area contributed by atoms with Gasteiger partial charge in [-0.3, -0.25) is 0 Å². The molecular formula is C61H41N. The molecule has 0 saturated heterocycles. The molecule has 10 aromatic carbocycles. The van der Waals surface area contributed by atoms with Gasteiger partial charge in [-0.25, -0.2) is 4.98 Å². The molecule has 1 nitrogen and oxygen atoms in total. The van der Waals surface area contributed by atoms with Crippen LogP contribution in [0.25, 0.3) is 111 Å². The normalized spacial score (nSPS) is 11.2. The van der Waals surface area contributed by atoms with E-state index >= 15 is 0 Å². The lowest BCUT2D eigenvalue weighted by Gasteiger charge is -2.20. The van der Waals surface area contributed by atoms with Gasteiger partial charge in [0.1, 0.15) is 0 Å². The Balaban J connectivity index is 1.18. The zero-order valence-electron chi connectivity index (χ0n) is 34.1. The van der Waals surface area contributed by atoms with Crippen LogP contribution in [0.3, 0.4) is 0 Å². The smallest absolute Gasteiger partial charge is 0.0715 e. The van der Waals surface area contributed by atoms with Gasteiger partial charge in [-0.15, -0.1) is 0 Å². The van der Waals surface area contributed by atoms with Gasteiger partial charge in [0, 0.05) is 11.1 Å². The largest absolute Gasteiger partial charge is 0.248 e. The van der Waals surface area contributed by atoms with Crippen molar-refractivity contribution in [2.75, 3.05) is 0 Å². The Labute approximate surface area is 362 Å². The number of fused-ring (bicyclic) bond motifs is 2. The van der Waals surface area contributed by atoms with Gasteiger partial charge in [0.25, 0.3) is 0 Å². The molecule has 11 aromatic rings. The number of rotatable bonds is 8. The van der Waals surface area contributed by atoms with Gasteiger partial charge in [-0.05, 0) is 131 Å². The van der Waals surface area contributed by atoms with E-state index in [1.807, 2.05) is 0 Å². The fourth-order valence-electron chi connectivity index (χ4n) is 9.02. The summed E-state index contributed by atoms with van der Waals surface area (Å²) in [6.07, 6.45) is 0. The van der Waals surface area contributed by atoms with E-state index in [0.717, 1.165) is 33.6 Å². The first-order valence-electron chi connectivity index (χ1n) is 21.3. The quantitative estimate of drug-likeness (QED) is 0.140. The Morgan fingerprint density at radius 1 is 0.177 bits per heavy atom. The van der Waals surface area contributed by atoms with Gasteiger partial charge in [0.05, 0.1) is 11.4 Å². The lowest BCUT2D eigenvalue weighted by Crippen LogP contribution is -1.94. The van der Waals surface area contributed by atoms with Gasteiger partial charge >= 0.3 is 0 Å². The molecule has 290 valence electrons. The van der Waals surface area contributed by atoms with E-state index in [9.17, 15) is 0 Å². The summed E-state index contributed by atoms with van der Waals surface area (Å²) in [6.45, 7) is 0. The summed E-state index contributed by atoms with van der Waals surface area (Å²) in [5, 5.41) is 4.87. The summed E-state index contributed by atoms with van der Waals surface area (Å²) in [7, 11) is 0. The summed E-state index contributed by atoms with van der Waals surface area (Å²) in [5.74, 6) is 0. The summed E-state index contributed by atoms with van der Waals surface area (Å²) in [4.78, 5) is 5.20. The molecule has 0 N–H and O–H groups in total. The number of hydrogen-bond donors (Lipinski definition) is 0. The fourth-order valence-corrected chi connectivity index (χ4v) is 9.02. The Bertz CT molecular complexity index is 3000. The predicted octanol–water partition coefficient (Wildman–Crippen LogP) is 16.7. The van der Waals surface area contributed by atoms with Gasteiger partial charge in [0.2, 0.25) is 0 Å². The Hall–Kier alpha value is -8.13. The molecular weight excluding hydrogens is 747 g/mol. The first kappa shape index (κ1) is 36.9. The van der Waals surface area contributed by atoms with E-state index in [-0.39, 0.29) is 0 Å². The van der Waals surface area contributed by atoms with Gasteiger partial charge in [-0.1, -0.05) is 206 Å². The van der Waals surface area contributed by atoms with Crippen molar-refractivity contribution in [3.8, 4) is 89.3 Å². The maximum atomic E-state index is 5.20. The van der Waals surface area contributed by atoms with Crippen LogP contribution < -0.4 is 0 Å². The molecule has 0 aliphatic carbocycles. The number of nitrogens with zero attached hydrogens (tertiary/aromatic N) is 1. The van der Waals surface area contributed by atoms with Crippen molar-refractivity contribution in [2.24, 2.45) is 0 Å². The van der Waals surface area contributed by atoms with E-state index in [2.05, 4.69) is 249 Å². The maximum Gasteiger partial charge on any atom is 0.0715 e. The van der Waals surface area contributed by atoms with Crippen LogP contribution in [-0.4, -0.2) is 4.98 Å². The Morgan fingerprint density at radius 3 is 0.823 bits per heavy atom. The molecule has 0 aliphatic heterocycles. The Kier molecular flexibility index (Phi) is 9.61. The molecule has 0 spiro atoms. The molecule has 0 amide bonds. The van der Waals surface area contributed by atoms with E-state index in [1.54, 1.807) is 0 Å². The molecule has 0 aliphatic rings. The van der Waals surface area contributed by atoms with E-state index < -0.39 is 0 Å². The first-order chi connectivity index (χ1) is 30.7. The zero-order chi connectivity index (χ0) is 41.2. The second-order valence-electron chi connectivity index (χ2n) is 15.9. The van der Waals surface area contributed by atoms with Gasteiger partial charge < -0.3 is 0 Å². The minimum absolute atomic E-state index is 0.952. The fraction of sp³-hybridized carbons (Fsp3) is 0. The van der Waals surface area contributed by atoms with Crippen molar-refractivity contribution in [3.05, 3.63) is 249 Å². The third-order valence-corrected chi connectivity index (χ3v) is 12.0. The van der Waals surface area contributed by atoms with Crippen molar-refractivity contribution in [2.45, 2.75) is 0 Å². The lowest BCUT2D eigenvalue weighted by atomic mass is 9.83. The topological polar surface area (TPSA) is 12.9 Å². The zero-order valence-corrected chi connectivity index (χ0v) is 34.1. The third-order valence-electron chi connectivity index (χ3n) is 12.0. The number of benzene rings is 10. The molecule has 0 radical (unpaired) electrons. The molecule has 11 rings (SSSR count). The SMILES string of the molecule is c1ccc(-c2cc(-c3ccccc3)cc(-c3ccc4c(-c5ccccc5)c5cc(-c6cc(-c7ccccc7)nc(-c7ccccc7)c6)ccc5c(-c5ccccc5)c4c3)c2)cc1. The predicted molar refractivity (Wildman–Crippen MR) is 263 cm³/mol.